The molecule has 148 valence electrons. The first-order valence-corrected chi connectivity index (χ1v) is 9.37. The molecule has 0 radical (unpaired) electrons. The predicted molar refractivity (Wildman–Crippen MR) is 109 cm³/mol. The van der Waals surface area contributed by atoms with Crippen LogP contribution < -0.4 is 14.4 Å². The van der Waals surface area contributed by atoms with Crippen LogP contribution in [0.3, 0.4) is 0 Å². The van der Waals surface area contributed by atoms with Gasteiger partial charge in [-0.2, -0.15) is 0 Å². The van der Waals surface area contributed by atoms with E-state index in [2.05, 4.69) is 6.92 Å². The first-order chi connectivity index (χ1) is 14.0. The molecule has 2 aliphatic heterocycles. The predicted octanol–water partition coefficient (Wildman–Crippen LogP) is 3.85. The van der Waals surface area contributed by atoms with Crippen LogP contribution >= 0.6 is 0 Å². The van der Waals surface area contributed by atoms with Crippen LogP contribution in [0.2, 0.25) is 0 Å². The smallest absolute Gasteiger partial charge is 0.340 e. The molecule has 0 atom stereocenters. The number of esters is 1. The quantitative estimate of drug-likeness (QED) is 0.585. The van der Waals surface area contributed by atoms with E-state index in [1.54, 1.807) is 30.0 Å². The minimum atomic E-state index is -0.546. The van der Waals surface area contributed by atoms with Gasteiger partial charge in [0.15, 0.2) is 11.5 Å². The van der Waals surface area contributed by atoms with Gasteiger partial charge in [0.2, 0.25) is 6.79 Å². The summed E-state index contributed by atoms with van der Waals surface area (Å²) in [7, 11) is 1.31. The van der Waals surface area contributed by atoms with Gasteiger partial charge < -0.3 is 14.2 Å². The van der Waals surface area contributed by atoms with Gasteiger partial charge >= 0.3 is 5.97 Å². The molecule has 6 heteroatoms. The van der Waals surface area contributed by atoms with E-state index in [1.807, 2.05) is 30.3 Å². The van der Waals surface area contributed by atoms with Crippen LogP contribution in [-0.4, -0.2) is 25.8 Å². The number of amides is 1. The third-order valence-electron chi connectivity index (χ3n) is 5.10. The average molecular weight is 391 g/mol. The largest absolute Gasteiger partial charge is 0.465 e. The van der Waals surface area contributed by atoms with Crippen molar-refractivity contribution in [3.63, 3.8) is 0 Å². The lowest BCUT2D eigenvalue weighted by atomic mass is 10.0. The Hall–Kier alpha value is -3.54. The molecule has 0 saturated carbocycles. The third-order valence-corrected chi connectivity index (χ3v) is 5.10. The molecular weight excluding hydrogens is 370 g/mol. The van der Waals surface area contributed by atoms with Gasteiger partial charge in [0.25, 0.3) is 5.91 Å². The Balaban J connectivity index is 1.78. The van der Waals surface area contributed by atoms with Crippen LogP contribution in [-0.2, 0) is 20.7 Å². The van der Waals surface area contributed by atoms with Gasteiger partial charge in [-0.15, -0.1) is 0 Å². The van der Waals surface area contributed by atoms with Gasteiger partial charge in [0.1, 0.15) is 0 Å². The molecule has 0 aliphatic carbocycles. The molecule has 6 nitrogen and oxygen atoms in total. The van der Waals surface area contributed by atoms with E-state index in [-0.39, 0.29) is 23.8 Å². The first kappa shape index (κ1) is 18.8. The zero-order chi connectivity index (χ0) is 20.5. The van der Waals surface area contributed by atoms with Crippen LogP contribution in [0.25, 0.3) is 6.08 Å². The summed E-state index contributed by atoms with van der Waals surface area (Å²) in [6.07, 6.45) is 2.59. The lowest BCUT2D eigenvalue weighted by molar-refractivity contribution is -0.136. The van der Waals surface area contributed by atoms with E-state index in [4.69, 9.17) is 14.2 Å². The molecule has 2 aliphatic rings. The van der Waals surface area contributed by atoms with Gasteiger partial charge in [0.05, 0.1) is 18.3 Å². The zero-order valence-corrected chi connectivity index (χ0v) is 16.5. The fourth-order valence-electron chi connectivity index (χ4n) is 3.54. The Morgan fingerprint density at radius 2 is 1.86 bits per heavy atom. The van der Waals surface area contributed by atoms with Gasteiger partial charge in [-0.3, -0.25) is 9.69 Å². The second-order valence-electron chi connectivity index (χ2n) is 6.78. The van der Waals surface area contributed by atoms with Crippen molar-refractivity contribution in [1.82, 2.24) is 0 Å². The highest BCUT2D eigenvalue weighted by Gasteiger charge is 2.37. The maximum atomic E-state index is 13.3. The molecule has 0 aromatic heterocycles. The molecule has 2 heterocycles. The zero-order valence-electron chi connectivity index (χ0n) is 16.5. The molecule has 29 heavy (non-hydrogen) atoms. The molecule has 1 amide bonds. The van der Waals surface area contributed by atoms with E-state index >= 15 is 0 Å². The van der Waals surface area contributed by atoms with Crippen LogP contribution in [0.4, 0.5) is 5.69 Å². The van der Waals surface area contributed by atoms with Crippen LogP contribution in [0, 0.1) is 0 Å². The summed E-state index contributed by atoms with van der Waals surface area (Å²) in [5.41, 5.74) is 3.70. The first-order valence-electron chi connectivity index (χ1n) is 9.37. The Morgan fingerprint density at radius 3 is 2.55 bits per heavy atom. The number of carbonyl (C=O) groups is 2. The number of aryl methyl sites for hydroxylation is 1. The molecule has 2 aromatic rings. The van der Waals surface area contributed by atoms with E-state index in [1.165, 1.54) is 12.7 Å². The van der Waals surface area contributed by atoms with Crippen molar-refractivity contribution in [2.75, 3.05) is 18.8 Å². The fraction of sp³-hybridized carbons (Fsp3) is 0.217. The second kappa shape index (κ2) is 7.47. The van der Waals surface area contributed by atoms with E-state index in [0.29, 0.717) is 22.9 Å². The average Bonchev–Trinajstić information content (AvgIpc) is 3.30. The van der Waals surface area contributed by atoms with Gasteiger partial charge in [0, 0.05) is 11.4 Å². The number of nitrogens with zero attached hydrogens (tertiary/aromatic N) is 1. The number of fused-ring (bicyclic) bond motifs is 1. The van der Waals surface area contributed by atoms with Crippen molar-refractivity contribution in [3.8, 4) is 11.5 Å². The number of rotatable bonds is 4. The molecular formula is C23H21NO5. The van der Waals surface area contributed by atoms with Crippen molar-refractivity contribution >= 4 is 23.6 Å². The van der Waals surface area contributed by atoms with E-state index < -0.39 is 5.97 Å². The molecule has 2 aromatic carbocycles. The molecule has 4 rings (SSSR count). The van der Waals surface area contributed by atoms with E-state index in [9.17, 15) is 9.59 Å². The Morgan fingerprint density at radius 1 is 1.14 bits per heavy atom. The number of allylic oxidation sites excluding steroid dienone is 1. The summed E-state index contributed by atoms with van der Waals surface area (Å²) < 4.78 is 15.7. The van der Waals surface area contributed by atoms with Crippen molar-refractivity contribution in [2.45, 2.75) is 20.3 Å². The maximum absolute atomic E-state index is 13.3. The number of carbonyl (C=O) groups excluding carboxylic acids is 2. The molecule has 0 spiro atoms. The number of benzene rings is 2. The lowest BCUT2D eigenvalue weighted by Crippen LogP contribution is -2.24. The van der Waals surface area contributed by atoms with Gasteiger partial charge in [-0.25, -0.2) is 4.79 Å². The number of hydrogen-bond donors (Lipinski definition) is 0. The summed E-state index contributed by atoms with van der Waals surface area (Å²) >= 11 is 0. The van der Waals surface area contributed by atoms with Crippen LogP contribution in [0.15, 0.2) is 59.3 Å². The van der Waals surface area contributed by atoms with Gasteiger partial charge in [-0.05, 0) is 54.8 Å². The highest BCUT2D eigenvalue weighted by Crippen LogP contribution is 2.37. The minimum Gasteiger partial charge on any atom is -0.465 e. The molecule has 0 bridgehead atoms. The minimum absolute atomic E-state index is 0.169. The van der Waals surface area contributed by atoms with Crippen LogP contribution in [0.5, 0.6) is 11.5 Å². The Labute approximate surface area is 169 Å². The number of methoxy groups -OCH3 is 1. The fourth-order valence-corrected chi connectivity index (χ4v) is 3.54. The highest BCUT2D eigenvalue weighted by molar-refractivity contribution is 6.23. The maximum Gasteiger partial charge on any atom is 0.340 e. The summed E-state index contributed by atoms with van der Waals surface area (Å²) in [5, 5.41) is 0. The topological polar surface area (TPSA) is 65.1 Å². The normalized spacial score (nSPS) is 16.7. The molecule has 0 unspecified atom stereocenters. The third kappa shape index (κ3) is 3.27. The summed E-state index contributed by atoms with van der Waals surface area (Å²) in [6.45, 7) is 3.99. The van der Waals surface area contributed by atoms with E-state index in [0.717, 1.165) is 12.0 Å². The van der Waals surface area contributed by atoms with Crippen molar-refractivity contribution in [2.24, 2.45) is 0 Å². The highest BCUT2D eigenvalue weighted by atomic mass is 16.7. The standard InChI is InChI=1S/C23H21NO5/c1-4-15-5-8-17(9-6-15)24-14(2)21(23(26)27-3)18(22(24)25)11-16-7-10-19-20(12-16)29-13-28-19/h5-12H,4,13H2,1-3H3/b18-11-. The summed E-state index contributed by atoms with van der Waals surface area (Å²) in [4.78, 5) is 27.3. The molecule has 0 fully saturated rings. The lowest BCUT2D eigenvalue weighted by Gasteiger charge is -2.18. The van der Waals surface area contributed by atoms with Crippen LogP contribution in [0.1, 0.15) is 25.0 Å². The Kier molecular flexibility index (Phi) is 4.84. The monoisotopic (exact) mass is 391 g/mol. The SMILES string of the molecule is CCc1ccc(N2C(=O)/C(=C\c3ccc4c(c3)OCO4)C(C(=O)OC)=C2C)cc1. The van der Waals surface area contributed by atoms with Crippen molar-refractivity contribution < 1.29 is 23.8 Å². The molecule has 0 saturated heterocycles. The number of anilines is 1. The second-order valence-corrected chi connectivity index (χ2v) is 6.78. The van der Waals surface area contributed by atoms with Gasteiger partial charge in [-0.1, -0.05) is 25.1 Å². The number of ether oxygens (including phenoxy) is 3. The number of hydrogen-bond acceptors (Lipinski definition) is 5. The Bertz CT molecular complexity index is 1050. The molecule has 0 N–H and O–H groups in total. The summed E-state index contributed by atoms with van der Waals surface area (Å²) in [6, 6.07) is 13.1. The van der Waals surface area contributed by atoms with Crippen molar-refractivity contribution in [3.05, 3.63) is 70.4 Å². The summed E-state index contributed by atoms with van der Waals surface area (Å²) in [5.74, 6) is 0.444. The van der Waals surface area contributed by atoms with Crippen molar-refractivity contribution in [1.29, 1.82) is 0 Å².